The Morgan fingerprint density at radius 3 is 2.68 bits per heavy atom. The number of morpholine rings is 1. The molecule has 1 aromatic carbocycles. The van der Waals surface area contributed by atoms with E-state index in [9.17, 15) is 4.79 Å². The van der Waals surface area contributed by atoms with Crippen molar-refractivity contribution in [2.75, 3.05) is 32.9 Å². The van der Waals surface area contributed by atoms with E-state index in [1.54, 1.807) is 4.90 Å². The molecule has 1 amide bonds. The van der Waals surface area contributed by atoms with Crippen molar-refractivity contribution in [2.24, 2.45) is 5.16 Å². The molecule has 1 aliphatic heterocycles. The number of oxime groups is 1. The largest absolute Gasteiger partial charge is 0.385 e. The van der Waals surface area contributed by atoms with Crippen LogP contribution in [0.1, 0.15) is 12.5 Å². The molecular formula is C14H18N2O3. The van der Waals surface area contributed by atoms with Crippen molar-refractivity contribution in [2.45, 2.75) is 6.92 Å². The summed E-state index contributed by atoms with van der Waals surface area (Å²) in [6, 6.07) is 9.72. The highest BCUT2D eigenvalue weighted by Crippen LogP contribution is 2.02. The molecule has 0 aromatic heterocycles. The second-order valence-electron chi connectivity index (χ2n) is 4.31. The zero-order valence-corrected chi connectivity index (χ0v) is 11.0. The molecule has 19 heavy (non-hydrogen) atoms. The van der Waals surface area contributed by atoms with Gasteiger partial charge in [-0.25, -0.2) is 0 Å². The van der Waals surface area contributed by atoms with E-state index in [4.69, 9.17) is 9.57 Å². The Hall–Kier alpha value is -1.88. The van der Waals surface area contributed by atoms with Crippen LogP contribution in [0.2, 0.25) is 0 Å². The SMILES string of the molecule is C/C(=N/OCC(=O)N1CCOCC1)c1ccccc1. The van der Waals surface area contributed by atoms with Crippen molar-refractivity contribution < 1.29 is 14.4 Å². The first-order valence-electron chi connectivity index (χ1n) is 6.35. The lowest BCUT2D eigenvalue weighted by Crippen LogP contribution is -2.42. The van der Waals surface area contributed by atoms with Gasteiger partial charge in [-0.2, -0.15) is 0 Å². The van der Waals surface area contributed by atoms with Gasteiger partial charge in [0.05, 0.1) is 18.9 Å². The highest BCUT2D eigenvalue weighted by atomic mass is 16.6. The van der Waals surface area contributed by atoms with Crippen molar-refractivity contribution in [1.82, 2.24) is 4.90 Å². The van der Waals surface area contributed by atoms with Crippen LogP contribution in [0, 0.1) is 0 Å². The Labute approximate surface area is 112 Å². The number of ether oxygens (including phenoxy) is 1. The number of amides is 1. The Kier molecular flexibility index (Phi) is 4.92. The lowest BCUT2D eigenvalue weighted by Gasteiger charge is -2.26. The molecule has 1 aliphatic rings. The Morgan fingerprint density at radius 2 is 2.00 bits per heavy atom. The number of rotatable bonds is 4. The molecule has 102 valence electrons. The van der Waals surface area contributed by atoms with Crippen molar-refractivity contribution in [1.29, 1.82) is 0 Å². The van der Waals surface area contributed by atoms with Gasteiger partial charge in [0.15, 0.2) is 6.61 Å². The van der Waals surface area contributed by atoms with Crippen LogP contribution in [-0.4, -0.2) is 49.4 Å². The Balaban J connectivity index is 1.80. The minimum Gasteiger partial charge on any atom is -0.385 e. The molecule has 0 bridgehead atoms. The fourth-order valence-electron chi connectivity index (χ4n) is 1.82. The van der Waals surface area contributed by atoms with E-state index >= 15 is 0 Å². The molecule has 1 heterocycles. The molecule has 0 unspecified atom stereocenters. The number of hydrogen-bond acceptors (Lipinski definition) is 4. The molecule has 2 rings (SSSR count). The second kappa shape index (κ2) is 6.89. The first kappa shape index (κ1) is 13.5. The number of hydrogen-bond donors (Lipinski definition) is 0. The van der Waals surface area contributed by atoms with Crippen molar-refractivity contribution >= 4 is 11.6 Å². The van der Waals surface area contributed by atoms with Crippen LogP contribution in [0.25, 0.3) is 0 Å². The summed E-state index contributed by atoms with van der Waals surface area (Å²) in [6.45, 7) is 4.28. The molecule has 1 saturated heterocycles. The molecule has 1 aromatic rings. The van der Waals surface area contributed by atoms with E-state index < -0.39 is 0 Å². The average molecular weight is 262 g/mol. The number of carbonyl (C=O) groups is 1. The predicted octanol–water partition coefficient (Wildman–Crippen LogP) is 1.29. The minimum absolute atomic E-state index is 0.0236. The number of benzene rings is 1. The third-order valence-electron chi connectivity index (χ3n) is 2.94. The van der Waals surface area contributed by atoms with Gasteiger partial charge in [-0.05, 0) is 12.5 Å². The highest BCUT2D eigenvalue weighted by Gasteiger charge is 2.16. The first-order valence-corrected chi connectivity index (χ1v) is 6.35. The van der Waals surface area contributed by atoms with Gasteiger partial charge in [0.2, 0.25) is 0 Å². The number of nitrogens with zero attached hydrogens (tertiary/aromatic N) is 2. The van der Waals surface area contributed by atoms with Crippen LogP contribution in [0.4, 0.5) is 0 Å². The standard InChI is InChI=1S/C14H18N2O3/c1-12(13-5-3-2-4-6-13)15-19-11-14(17)16-7-9-18-10-8-16/h2-6H,7-11H2,1H3/b15-12-. The summed E-state index contributed by atoms with van der Waals surface area (Å²) in [6.07, 6.45) is 0. The normalized spacial score (nSPS) is 16.3. The molecule has 0 aliphatic carbocycles. The molecule has 5 nitrogen and oxygen atoms in total. The number of carbonyl (C=O) groups excluding carboxylic acids is 1. The summed E-state index contributed by atoms with van der Waals surface area (Å²) < 4.78 is 5.19. The van der Waals surface area contributed by atoms with E-state index in [0.29, 0.717) is 26.3 Å². The summed E-state index contributed by atoms with van der Waals surface area (Å²) in [4.78, 5) is 18.6. The van der Waals surface area contributed by atoms with Gasteiger partial charge in [-0.1, -0.05) is 35.5 Å². The van der Waals surface area contributed by atoms with Crippen molar-refractivity contribution in [3.63, 3.8) is 0 Å². The summed E-state index contributed by atoms with van der Waals surface area (Å²) in [5.74, 6) is -0.0482. The maximum absolute atomic E-state index is 11.8. The van der Waals surface area contributed by atoms with E-state index in [2.05, 4.69) is 5.16 Å². The van der Waals surface area contributed by atoms with Crippen molar-refractivity contribution in [3.05, 3.63) is 35.9 Å². The van der Waals surface area contributed by atoms with Crippen LogP contribution in [-0.2, 0) is 14.4 Å². The van der Waals surface area contributed by atoms with Crippen LogP contribution < -0.4 is 0 Å². The lowest BCUT2D eigenvalue weighted by molar-refractivity contribution is -0.140. The molecule has 0 saturated carbocycles. The minimum atomic E-state index is -0.0482. The highest BCUT2D eigenvalue weighted by molar-refractivity contribution is 5.98. The van der Waals surface area contributed by atoms with Gasteiger partial charge in [-0.3, -0.25) is 4.79 Å². The monoisotopic (exact) mass is 262 g/mol. The lowest BCUT2D eigenvalue weighted by atomic mass is 10.1. The van der Waals surface area contributed by atoms with E-state index in [1.165, 1.54) is 0 Å². The van der Waals surface area contributed by atoms with Crippen LogP contribution in [0.5, 0.6) is 0 Å². The summed E-state index contributed by atoms with van der Waals surface area (Å²) in [7, 11) is 0. The van der Waals surface area contributed by atoms with Crippen LogP contribution in [0.15, 0.2) is 35.5 Å². The van der Waals surface area contributed by atoms with Gasteiger partial charge in [0, 0.05) is 13.1 Å². The topological polar surface area (TPSA) is 51.1 Å². The molecule has 0 atom stereocenters. The van der Waals surface area contributed by atoms with Gasteiger partial charge in [-0.15, -0.1) is 0 Å². The third-order valence-corrected chi connectivity index (χ3v) is 2.94. The fourth-order valence-corrected chi connectivity index (χ4v) is 1.82. The summed E-state index contributed by atoms with van der Waals surface area (Å²) in [5, 5.41) is 3.97. The van der Waals surface area contributed by atoms with Crippen LogP contribution in [0.3, 0.4) is 0 Å². The maximum Gasteiger partial charge on any atom is 0.263 e. The van der Waals surface area contributed by atoms with Gasteiger partial charge < -0.3 is 14.5 Å². The molecule has 0 spiro atoms. The first-order chi connectivity index (χ1) is 9.27. The third kappa shape index (κ3) is 4.06. The zero-order valence-electron chi connectivity index (χ0n) is 11.0. The Bertz CT molecular complexity index is 439. The summed E-state index contributed by atoms with van der Waals surface area (Å²) >= 11 is 0. The van der Waals surface area contributed by atoms with Gasteiger partial charge in [0.25, 0.3) is 5.91 Å². The van der Waals surface area contributed by atoms with Gasteiger partial charge >= 0.3 is 0 Å². The molecule has 1 fully saturated rings. The molecule has 0 radical (unpaired) electrons. The second-order valence-corrected chi connectivity index (χ2v) is 4.31. The average Bonchev–Trinajstić information content (AvgIpc) is 2.49. The smallest absolute Gasteiger partial charge is 0.263 e. The zero-order chi connectivity index (χ0) is 13.5. The molecular weight excluding hydrogens is 244 g/mol. The van der Waals surface area contributed by atoms with E-state index in [1.807, 2.05) is 37.3 Å². The van der Waals surface area contributed by atoms with Gasteiger partial charge in [0.1, 0.15) is 0 Å². The van der Waals surface area contributed by atoms with E-state index in [-0.39, 0.29) is 12.5 Å². The fraction of sp³-hybridized carbons (Fsp3) is 0.429. The van der Waals surface area contributed by atoms with Crippen LogP contribution >= 0.6 is 0 Å². The molecule has 5 heteroatoms. The van der Waals surface area contributed by atoms with E-state index in [0.717, 1.165) is 11.3 Å². The predicted molar refractivity (Wildman–Crippen MR) is 72.0 cm³/mol. The quantitative estimate of drug-likeness (QED) is 0.607. The van der Waals surface area contributed by atoms with Crippen molar-refractivity contribution in [3.8, 4) is 0 Å². The summed E-state index contributed by atoms with van der Waals surface area (Å²) in [5.41, 5.74) is 1.75. The maximum atomic E-state index is 11.8. The molecule has 0 N–H and O–H groups in total. The Morgan fingerprint density at radius 1 is 1.32 bits per heavy atom.